The first kappa shape index (κ1) is 10.9. The maximum Gasteiger partial charge on any atom is 0.347 e. The minimum atomic E-state index is -0.913. The van der Waals surface area contributed by atoms with Crippen molar-refractivity contribution in [3.8, 4) is 5.13 Å². The fourth-order valence-electron chi connectivity index (χ4n) is 1.65. The molecule has 2 rings (SSSR count). The van der Waals surface area contributed by atoms with Gasteiger partial charge in [0.15, 0.2) is 5.13 Å². The predicted molar refractivity (Wildman–Crippen MR) is 62.6 cm³/mol. The first-order valence-electron chi connectivity index (χ1n) is 4.86. The lowest BCUT2D eigenvalue weighted by Gasteiger charge is -2.03. The van der Waals surface area contributed by atoms with E-state index in [0.717, 1.165) is 16.5 Å². The lowest BCUT2D eigenvalue weighted by molar-refractivity contribution is 0.0701. The molecule has 1 N–H and O–H groups in total. The van der Waals surface area contributed by atoms with Gasteiger partial charge in [0.25, 0.3) is 0 Å². The molecule has 0 saturated carbocycles. The standard InChI is InChI=1S/C11H12N2O2S/c1-6-4-5-7(2)13(6)11-12-8(3)9(16-11)10(14)15/h4-5H,1-3H3,(H,14,15). The number of aromatic nitrogens is 2. The molecule has 0 aliphatic heterocycles. The maximum absolute atomic E-state index is 10.9. The van der Waals surface area contributed by atoms with E-state index in [1.165, 1.54) is 11.3 Å². The summed E-state index contributed by atoms with van der Waals surface area (Å²) in [6, 6.07) is 3.99. The minimum absolute atomic E-state index is 0.308. The summed E-state index contributed by atoms with van der Waals surface area (Å²) < 4.78 is 1.96. The van der Waals surface area contributed by atoms with Crippen molar-refractivity contribution in [2.75, 3.05) is 0 Å². The Bertz CT molecular complexity index is 535. The third-order valence-corrected chi connectivity index (χ3v) is 3.57. The highest BCUT2D eigenvalue weighted by molar-refractivity contribution is 7.16. The number of carboxylic acid groups (broad SMARTS) is 1. The van der Waals surface area contributed by atoms with Crippen LogP contribution >= 0.6 is 11.3 Å². The first-order valence-corrected chi connectivity index (χ1v) is 5.68. The molecule has 0 aliphatic rings. The zero-order valence-corrected chi connectivity index (χ0v) is 10.1. The van der Waals surface area contributed by atoms with Crippen molar-refractivity contribution in [2.45, 2.75) is 20.8 Å². The lowest BCUT2D eigenvalue weighted by Crippen LogP contribution is -1.97. The second-order valence-electron chi connectivity index (χ2n) is 3.67. The Kier molecular flexibility index (Phi) is 2.55. The molecule has 2 heterocycles. The second kappa shape index (κ2) is 3.75. The van der Waals surface area contributed by atoms with Gasteiger partial charge in [0.1, 0.15) is 4.88 Å². The Hall–Kier alpha value is -1.62. The third kappa shape index (κ3) is 1.63. The van der Waals surface area contributed by atoms with Gasteiger partial charge in [-0.05, 0) is 32.9 Å². The molecule has 2 aromatic rings. The molecule has 0 amide bonds. The summed E-state index contributed by atoms with van der Waals surface area (Å²) in [5, 5.41) is 9.69. The van der Waals surface area contributed by atoms with Gasteiger partial charge in [0, 0.05) is 11.4 Å². The predicted octanol–water partition coefficient (Wildman–Crippen LogP) is 2.56. The Labute approximate surface area is 97.2 Å². The van der Waals surface area contributed by atoms with Gasteiger partial charge in [-0.1, -0.05) is 11.3 Å². The van der Waals surface area contributed by atoms with Crippen molar-refractivity contribution < 1.29 is 9.90 Å². The molecule has 84 valence electrons. The van der Waals surface area contributed by atoms with Crippen LogP contribution in [-0.2, 0) is 0 Å². The topological polar surface area (TPSA) is 55.1 Å². The van der Waals surface area contributed by atoms with Crippen LogP contribution in [0.4, 0.5) is 0 Å². The van der Waals surface area contributed by atoms with Crippen molar-refractivity contribution in [2.24, 2.45) is 0 Å². The minimum Gasteiger partial charge on any atom is -0.477 e. The van der Waals surface area contributed by atoms with Crippen LogP contribution in [0.2, 0.25) is 0 Å². The van der Waals surface area contributed by atoms with Crippen LogP contribution in [-0.4, -0.2) is 20.6 Å². The Morgan fingerprint density at radius 1 is 1.31 bits per heavy atom. The number of hydrogen-bond acceptors (Lipinski definition) is 3. The van der Waals surface area contributed by atoms with Crippen LogP contribution in [0.25, 0.3) is 5.13 Å². The second-order valence-corrected chi connectivity index (χ2v) is 4.65. The van der Waals surface area contributed by atoms with Crippen LogP contribution in [0.5, 0.6) is 0 Å². The molecule has 4 nitrogen and oxygen atoms in total. The van der Waals surface area contributed by atoms with Gasteiger partial charge >= 0.3 is 5.97 Å². The van der Waals surface area contributed by atoms with Crippen LogP contribution in [0.15, 0.2) is 12.1 Å². The summed E-state index contributed by atoms with van der Waals surface area (Å²) in [5.41, 5.74) is 2.69. The Balaban J connectivity index is 2.58. The van der Waals surface area contributed by atoms with Crippen LogP contribution in [0.3, 0.4) is 0 Å². The van der Waals surface area contributed by atoms with Gasteiger partial charge in [0.2, 0.25) is 0 Å². The molecule has 0 bridgehead atoms. The molecular weight excluding hydrogens is 224 g/mol. The summed E-state index contributed by atoms with van der Waals surface area (Å²) >= 11 is 1.21. The number of rotatable bonds is 2. The first-order chi connectivity index (χ1) is 7.50. The number of thiazole rings is 1. The average Bonchev–Trinajstić information content (AvgIpc) is 2.70. The molecule has 0 unspecified atom stereocenters. The van der Waals surface area contributed by atoms with Gasteiger partial charge in [-0.3, -0.25) is 4.57 Å². The van der Waals surface area contributed by atoms with Crippen molar-refractivity contribution >= 4 is 17.3 Å². The van der Waals surface area contributed by atoms with E-state index in [2.05, 4.69) is 4.98 Å². The average molecular weight is 236 g/mol. The number of nitrogens with zero attached hydrogens (tertiary/aromatic N) is 2. The van der Waals surface area contributed by atoms with E-state index in [9.17, 15) is 4.79 Å². The Morgan fingerprint density at radius 3 is 2.31 bits per heavy atom. The van der Waals surface area contributed by atoms with Gasteiger partial charge in [-0.25, -0.2) is 9.78 Å². The van der Waals surface area contributed by atoms with E-state index in [1.54, 1.807) is 6.92 Å². The third-order valence-electron chi connectivity index (χ3n) is 2.44. The smallest absolute Gasteiger partial charge is 0.347 e. The number of hydrogen-bond donors (Lipinski definition) is 1. The largest absolute Gasteiger partial charge is 0.477 e. The molecule has 5 heteroatoms. The molecule has 16 heavy (non-hydrogen) atoms. The van der Waals surface area contributed by atoms with Crippen molar-refractivity contribution in [3.05, 3.63) is 34.1 Å². The SMILES string of the molecule is Cc1nc(-n2c(C)ccc2C)sc1C(=O)O. The highest BCUT2D eigenvalue weighted by atomic mass is 32.1. The van der Waals surface area contributed by atoms with E-state index in [-0.39, 0.29) is 0 Å². The summed E-state index contributed by atoms with van der Waals surface area (Å²) in [5.74, 6) is -0.913. The van der Waals surface area contributed by atoms with E-state index in [0.29, 0.717) is 10.6 Å². The van der Waals surface area contributed by atoms with Crippen LogP contribution in [0, 0.1) is 20.8 Å². The molecule has 0 aliphatic carbocycles. The molecule has 0 atom stereocenters. The molecule has 2 aromatic heterocycles. The summed E-state index contributed by atoms with van der Waals surface area (Å²) in [6.07, 6.45) is 0. The molecule has 0 aromatic carbocycles. The Morgan fingerprint density at radius 2 is 1.88 bits per heavy atom. The normalized spacial score (nSPS) is 10.7. The van der Waals surface area contributed by atoms with Crippen molar-refractivity contribution in [1.29, 1.82) is 0 Å². The number of aryl methyl sites for hydroxylation is 3. The van der Waals surface area contributed by atoms with E-state index < -0.39 is 5.97 Å². The fourth-order valence-corrected chi connectivity index (χ4v) is 2.67. The highest BCUT2D eigenvalue weighted by Crippen LogP contribution is 2.24. The number of aromatic carboxylic acids is 1. The zero-order chi connectivity index (χ0) is 11.9. The number of carboxylic acids is 1. The number of carbonyl (C=O) groups is 1. The van der Waals surface area contributed by atoms with E-state index >= 15 is 0 Å². The zero-order valence-electron chi connectivity index (χ0n) is 9.31. The summed E-state index contributed by atoms with van der Waals surface area (Å²) in [6.45, 7) is 5.67. The molecule has 0 spiro atoms. The van der Waals surface area contributed by atoms with Gasteiger partial charge in [-0.2, -0.15) is 0 Å². The fraction of sp³-hybridized carbons (Fsp3) is 0.273. The van der Waals surface area contributed by atoms with E-state index in [1.807, 2.05) is 30.5 Å². The maximum atomic E-state index is 10.9. The molecule has 0 fully saturated rings. The van der Waals surface area contributed by atoms with Crippen molar-refractivity contribution in [3.63, 3.8) is 0 Å². The van der Waals surface area contributed by atoms with Gasteiger partial charge < -0.3 is 5.11 Å². The molecule has 0 radical (unpaired) electrons. The lowest BCUT2D eigenvalue weighted by atomic mass is 10.4. The highest BCUT2D eigenvalue weighted by Gasteiger charge is 2.16. The van der Waals surface area contributed by atoms with Crippen LogP contribution in [0.1, 0.15) is 26.8 Å². The molecular formula is C11H12N2O2S. The summed E-state index contributed by atoms with van der Waals surface area (Å²) in [4.78, 5) is 15.5. The molecule has 0 saturated heterocycles. The quantitative estimate of drug-likeness (QED) is 0.871. The van der Waals surface area contributed by atoms with Gasteiger partial charge in [-0.15, -0.1) is 0 Å². The monoisotopic (exact) mass is 236 g/mol. The van der Waals surface area contributed by atoms with Gasteiger partial charge in [0.05, 0.1) is 5.69 Å². The van der Waals surface area contributed by atoms with Crippen molar-refractivity contribution in [1.82, 2.24) is 9.55 Å². The van der Waals surface area contributed by atoms with E-state index in [4.69, 9.17) is 5.11 Å². The summed E-state index contributed by atoms with van der Waals surface area (Å²) in [7, 11) is 0. The van der Waals surface area contributed by atoms with Crippen LogP contribution < -0.4 is 0 Å².